The number of amides is 2. The number of hydrogen-bond donors (Lipinski definition) is 1. The fraction of sp³-hybridized carbons (Fsp3) is 0.619. The van der Waals surface area contributed by atoms with Crippen LogP contribution in [-0.4, -0.2) is 67.8 Å². The van der Waals surface area contributed by atoms with Gasteiger partial charge in [0.25, 0.3) is 5.91 Å². The molecule has 0 radical (unpaired) electrons. The third-order valence-corrected chi connectivity index (χ3v) is 7.09. The lowest BCUT2D eigenvalue weighted by atomic mass is 10.1. The molecule has 2 aliphatic rings. The van der Waals surface area contributed by atoms with Gasteiger partial charge < -0.3 is 14.5 Å². The van der Waals surface area contributed by atoms with Crippen LogP contribution in [0.2, 0.25) is 0 Å². The second kappa shape index (κ2) is 9.68. The van der Waals surface area contributed by atoms with Crippen LogP contribution >= 0.6 is 0 Å². The summed E-state index contributed by atoms with van der Waals surface area (Å²) in [6.45, 7) is 5.03. The molecule has 1 saturated carbocycles. The molecule has 1 heterocycles. The summed E-state index contributed by atoms with van der Waals surface area (Å²) in [7, 11) is -3.36. The number of carbonyl (C=O) groups is 2. The van der Waals surface area contributed by atoms with Crippen molar-refractivity contribution in [1.82, 2.24) is 9.80 Å². The highest BCUT2D eigenvalue weighted by Crippen LogP contribution is 2.23. The summed E-state index contributed by atoms with van der Waals surface area (Å²) >= 11 is 0. The smallest absolute Gasteiger partial charge is 0.410 e. The zero-order valence-corrected chi connectivity index (χ0v) is 18.5. The average Bonchev–Trinajstić information content (AvgIpc) is 3.20. The Morgan fingerprint density at radius 3 is 2.40 bits per heavy atom. The van der Waals surface area contributed by atoms with Gasteiger partial charge in [-0.25, -0.2) is 13.2 Å². The van der Waals surface area contributed by atoms with E-state index in [0.29, 0.717) is 37.3 Å². The number of sulfonamides is 1. The van der Waals surface area contributed by atoms with Crippen molar-refractivity contribution in [3.8, 4) is 0 Å². The highest BCUT2D eigenvalue weighted by molar-refractivity contribution is 7.92. The highest BCUT2D eigenvalue weighted by atomic mass is 32.2. The molecule has 0 unspecified atom stereocenters. The Labute approximate surface area is 178 Å². The van der Waals surface area contributed by atoms with Crippen molar-refractivity contribution in [2.75, 3.05) is 30.1 Å². The first-order valence-corrected chi connectivity index (χ1v) is 12.3. The number of benzene rings is 1. The molecule has 166 valence electrons. The van der Waals surface area contributed by atoms with E-state index in [2.05, 4.69) is 4.72 Å². The van der Waals surface area contributed by atoms with Gasteiger partial charge in [-0.05, 0) is 63.3 Å². The quantitative estimate of drug-likeness (QED) is 0.738. The first-order valence-electron chi connectivity index (χ1n) is 10.7. The standard InChI is InChI=1S/C21H31N3O5S/c1-3-14-30(27,28)22-18-10-8-17(9-11-18)20(25)24-13-12-23(15-16(24)2)21(26)29-19-6-4-5-7-19/h8-11,16,19,22H,3-7,12-15H2,1-2H3/t16-/m1/s1. The third kappa shape index (κ3) is 5.65. The van der Waals surface area contributed by atoms with E-state index in [1.807, 2.05) is 6.92 Å². The van der Waals surface area contributed by atoms with Gasteiger partial charge in [-0.3, -0.25) is 9.52 Å². The lowest BCUT2D eigenvalue weighted by Crippen LogP contribution is -2.55. The molecule has 3 rings (SSSR count). The average molecular weight is 438 g/mol. The molecule has 0 spiro atoms. The maximum atomic E-state index is 12.9. The normalized spacial score (nSPS) is 20.3. The lowest BCUT2D eigenvalue weighted by molar-refractivity contribution is 0.0295. The van der Waals surface area contributed by atoms with Gasteiger partial charge in [-0.15, -0.1) is 0 Å². The Balaban J connectivity index is 1.56. The van der Waals surface area contributed by atoms with E-state index >= 15 is 0 Å². The van der Waals surface area contributed by atoms with Gasteiger partial charge in [-0.1, -0.05) is 6.92 Å². The molecule has 1 aliphatic heterocycles. The number of carbonyl (C=O) groups excluding carboxylic acids is 2. The summed E-state index contributed by atoms with van der Waals surface area (Å²) in [5.74, 6) is -0.0761. The van der Waals surface area contributed by atoms with Gasteiger partial charge in [0.1, 0.15) is 6.10 Å². The molecule has 1 saturated heterocycles. The molecule has 1 aromatic rings. The zero-order valence-electron chi connectivity index (χ0n) is 17.7. The molecule has 2 fully saturated rings. The minimum Gasteiger partial charge on any atom is -0.446 e. The number of piperazine rings is 1. The second-order valence-corrected chi connectivity index (χ2v) is 9.92. The Bertz CT molecular complexity index is 850. The van der Waals surface area contributed by atoms with Crippen LogP contribution in [0.3, 0.4) is 0 Å². The summed E-state index contributed by atoms with van der Waals surface area (Å²) in [6, 6.07) is 6.31. The predicted octanol–water partition coefficient (Wildman–Crippen LogP) is 3.06. The molecule has 1 aliphatic carbocycles. The highest BCUT2D eigenvalue weighted by Gasteiger charge is 2.32. The Morgan fingerprint density at radius 2 is 1.80 bits per heavy atom. The SMILES string of the molecule is CCCS(=O)(=O)Nc1ccc(C(=O)N2CCN(C(=O)OC3CCCC3)C[C@H]2C)cc1. The Morgan fingerprint density at radius 1 is 1.13 bits per heavy atom. The van der Waals surface area contributed by atoms with Crippen LogP contribution in [0, 0.1) is 0 Å². The van der Waals surface area contributed by atoms with Crippen LogP contribution in [-0.2, 0) is 14.8 Å². The maximum Gasteiger partial charge on any atom is 0.410 e. The van der Waals surface area contributed by atoms with Crippen LogP contribution in [0.5, 0.6) is 0 Å². The summed E-state index contributed by atoms with van der Waals surface area (Å²) in [5.41, 5.74) is 0.926. The van der Waals surface area contributed by atoms with E-state index in [4.69, 9.17) is 4.74 Å². The van der Waals surface area contributed by atoms with Crippen molar-refractivity contribution in [3.05, 3.63) is 29.8 Å². The molecular weight excluding hydrogens is 406 g/mol. The minimum absolute atomic E-state index is 0.0285. The number of nitrogens with one attached hydrogen (secondary N) is 1. The number of ether oxygens (including phenoxy) is 1. The van der Waals surface area contributed by atoms with Gasteiger partial charge >= 0.3 is 6.09 Å². The van der Waals surface area contributed by atoms with Crippen molar-refractivity contribution in [1.29, 1.82) is 0 Å². The zero-order chi connectivity index (χ0) is 21.7. The third-order valence-electron chi connectivity index (χ3n) is 5.59. The topological polar surface area (TPSA) is 96.0 Å². The lowest BCUT2D eigenvalue weighted by Gasteiger charge is -2.39. The molecule has 2 amide bonds. The minimum atomic E-state index is -3.36. The molecule has 30 heavy (non-hydrogen) atoms. The van der Waals surface area contributed by atoms with Gasteiger partial charge in [0.15, 0.2) is 0 Å². The van der Waals surface area contributed by atoms with Crippen molar-refractivity contribution in [3.63, 3.8) is 0 Å². The summed E-state index contributed by atoms with van der Waals surface area (Å²) < 4.78 is 31.8. The molecule has 1 N–H and O–H groups in total. The fourth-order valence-corrected chi connectivity index (χ4v) is 5.13. The van der Waals surface area contributed by atoms with Crippen LogP contribution in [0.25, 0.3) is 0 Å². The van der Waals surface area contributed by atoms with Crippen molar-refractivity contribution in [2.24, 2.45) is 0 Å². The van der Waals surface area contributed by atoms with Gasteiger partial charge in [0, 0.05) is 36.9 Å². The van der Waals surface area contributed by atoms with Gasteiger partial charge in [0.2, 0.25) is 10.0 Å². The molecule has 8 nitrogen and oxygen atoms in total. The van der Waals surface area contributed by atoms with Gasteiger partial charge in [-0.2, -0.15) is 0 Å². The number of rotatable bonds is 6. The van der Waals surface area contributed by atoms with E-state index < -0.39 is 10.0 Å². The van der Waals surface area contributed by atoms with E-state index in [-0.39, 0.29) is 29.9 Å². The van der Waals surface area contributed by atoms with Crippen LogP contribution in [0.4, 0.5) is 10.5 Å². The first kappa shape index (κ1) is 22.4. The summed E-state index contributed by atoms with van der Waals surface area (Å²) in [5, 5.41) is 0. The summed E-state index contributed by atoms with van der Waals surface area (Å²) in [4.78, 5) is 28.7. The molecule has 0 bridgehead atoms. The maximum absolute atomic E-state index is 12.9. The van der Waals surface area contributed by atoms with Gasteiger partial charge in [0.05, 0.1) is 5.75 Å². The van der Waals surface area contributed by atoms with E-state index in [0.717, 1.165) is 25.7 Å². The molecule has 9 heteroatoms. The van der Waals surface area contributed by atoms with E-state index in [9.17, 15) is 18.0 Å². The Kier molecular flexibility index (Phi) is 7.23. The number of nitrogens with zero attached hydrogens (tertiary/aromatic N) is 2. The Hall–Kier alpha value is -2.29. The largest absolute Gasteiger partial charge is 0.446 e. The fourth-order valence-electron chi connectivity index (χ4n) is 3.99. The predicted molar refractivity (Wildman–Crippen MR) is 115 cm³/mol. The monoisotopic (exact) mass is 437 g/mol. The van der Waals surface area contributed by atoms with Crippen LogP contribution < -0.4 is 4.72 Å². The van der Waals surface area contributed by atoms with Crippen LogP contribution in [0.1, 0.15) is 56.3 Å². The van der Waals surface area contributed by atoms with E-state index in [1.54, 1.807) is 41.0 Å². The first-order chi connectivity index (χ1) is 14.3. The van der Waals surface area contributed by atoms with E-state index in [1.165, 1.54) is 0 Å². The molecular formula is C21H31N3O5S. The molecule has 1 aromatic carbocycles. The van der Waals surface area contributed by atoms with Crippen molar-refractivity contribution < 1.29 is 22.7 Å². The molecule has 1 atom stereocenters. The number of hydrogen-bond acceptors (Lipinski definition) is 5. The van der Waals surface area contributed by atoms with Crippen molar-refractivity contribution >= 4 is 27.7 Å². The molecule has 0 aromatic heterocycles. The van der Waals surface area contributed by atoms with Crippen molar-refractivity contribution in [2.45, 2.75) is 58.1 Å². The number of anilines is 1. The summed E-state index contributed by atoms with van der Waals surface area (Å²) in [6.07, 6.45) is 4.36. The second-order valence-electron chi connectivity index (χ2n) is 8.08. The van der Waals surface area contributed by atoms with Crippen LogP contribution in [0.15, 0.2) is 24.3 Å².